The molecule has 2 aromatic rings. The molecule has 1 saturated carbocycles. The molecule has 1 aliphatic rings. The highest BCUT2D eigenvalue weighted by molar-refractivity contribution is 6.09. The van der Waals surface area contributed by atoms with Crippen molar-refractivity contribution in [3.05, 3.63) is 65.7 Å². The Morgan fingerprint density at radius 1 is 1.04 bits per heavy atom. The summed E-state index contributed by atoms with van der Waals surface area (Å²) < 4.78 is 5.50. The fraction of sp³-hybridized carbons (Fsp3) is 0.286. The molecule has 27 heavy (non-hydrogen) atoms. The smallest absolute Gasteiger partial charge is 0.326 e. The van der Waals surface area contributed by atoms with Gasteiger partial charge in [-0.05, 0) is 44.0 Å². The van der Waals surface area contributed by atoms with Gasteiger partial charge in [0.1, 0.15) is 11.8 Å². The van der Waals surface area contributed by atoms with Crippen LogP contribution in [0.25, 0.3) is 0 Å². The summed E-state index contributed by atoms with van der Waals surface area (Å²) in [5, 5.41) is 9.17. The minimum absolute atomic E-state index is 0.0157. The summed E-state index contributed by atoms with van der Waals surface area (Å²) in [6.45, 7) is 1.27. The molecular formula is C21H21NO5. The number of hydrogen-bond donors (Lipinski definition) is 1. The number of amides is 1. The van der Waals surface area contributed by atoms with Crippen molar-refractivity contribution < 1.29 is 24.2 Å². The molecule has 0 radical (unpaired) electrons. The third-order valence-corrected chi connectivity index (χ3v) is 4.52. The first-order chi connectivity index (χ1) is 13.0. The highest BCUT2D eigenvalue weighted by Gasteiger charge is 2.38. The van der Waals surface area contributed by atoms with E-state index in [0.29, 0.717) is 16.9 Å². The van der Waals surface area contributed by atoms with E-state index >= 15 is 0 Å². The van der Waals surface area contributed by atoms with Gasteiger partial charge in [0, 0.05) is 17.2 Å². The zero-order chi connectivity index (χ0) is 19.4. The van der Waals surface area contributed by atoms with Gasteiger partial charge in [0.2, 0.25) is 0 Å². The van der Waals surface area contributed by atoms with Crippen molar-refractivity contribution in [1.29, 1.82) is 0 Å². The summed E-state index contributed by atoms with van der Waals surface area (Å²) in [6, 6.07) is 14.6. The monoisotopic (exact) mass is 367 g/mol. The maximum Gasteiger partial charge on any atom is 0.326 e. The number of aliphatic carboxylic acids is 1. The van der Waals surface area contributed by atoms with Gasteiger partial charge >= 0.3 is 5.97 Å². The fourth-order valence-electron chi connectivity index (χ4n) is 2.89. The van der Waals surface area contributed by atoms with E-state index in [-0.39, 0.29) is 24.3 Å². The number of carboxylic acids is 1. The van der Waals surface area contributed by atoms with E-state index < -0.39 is 12.0 Å². The summed E-state index contributed by atoms with van der Waals surface area (Å²) in [5.74, 6) is -1.02. The van der Waals surface area contributed by atoms with E-state index in [1.54, 1.807) is 48.5 Å². The predicted molar refractivity (Wildman–Crippen MR) is 98.8 cm³/mol. The Morgan fingerprint density at radius 2 is 1.63 bits per heavy atom. The van der Waals surface area contributed by atoms with Gasteiger partial charge in [0.05, 0.1) is 0 Å². The fourth-order valence-corrected chi connectivity index (χ4v) is 2.89. The average Bonchev–Trinajstić information content (AvgIpc) is 3.52. The maximum absolute atomic E-state index is 12.4. The van der Waals surface area contributed by atoms with Crippen molar-refractivity contribution in [1.82, 2.24) is 4.90 Å². The van der Waals surface area contributed by atoms with Crippen LogP contribution in [0, 0.1) is 0 Å². The lowest BCUT2D eigenvalue weighted by molar-refractivity contribution is -0.150. The summed E-state index contributed by atoms with van der Waals surface area (Å²) in [4.78, 5) is 37.4. The van der Waals surface area contributed by atoms with Gasteiger partial charge in [-0.25, -0.2) is 4.79 Å². The molecule has 0 saturated heterocycles. The summed E-state index contributed by atoms with van der Waals surface area (Å²) >= 11 is 0. The number of ether oxygens (including phenoxy) is 1. The molecule has 3 rings (SSSR count). The Bertz CT molecular complexity index is 827. The first-order valence-corrected chi connectivity index (χ1v) is 8.84. The van der Waals surface area contributed by atoms with Gasteiger partial charge in [-0.15, -0.1) is 0 Å². The van der Waals surface area contributed by atoms with Crippen molar-refractivity contribution in [3.8, 4) is 5.75 Å². The second-order valence-corrected chi connectivity index (χ2v) is 6.55. The number of carbonyl (C=O) groups excluding carboxylic acids is 2. The third kappa shape index (κ3) is 4.53. The molecule has 0 aliphatic heterocycles. The lowest BCUT2D eigenvalue weighted by Crippen LogP contribution is -2.46. The summed E-state index contributed by atoms with van der Waals surface area (Å²) in [7, 11) is 0. The molecule has 1 fully saturated rings. The highest BCUT2D eigenvalue weighted by Crippen LogP contribution is 2.29. The van der Waals surface area contributed by atoms with Crippen molar-refractivity contribution in [2.75, 3.05) is 6.61 Å². The van der Waals surface area contributed by atoms with Gasteiger partial charge in [0.25, 0.3) is 5.91 Å². The van der Waals surface area contributed by atoms with Gasteiger partial charge in [-0.2, -0.15) is 0 Å². The van der Waals surface area contributed by atoms with Gasteiger partial charge in [0.15, 0.2) is 12.4 Å². The van der Waals surface area contributed by atoms with E-state index in [1.807, 2.05) is 6.07 Å². The Hall–Kier alpha value is -3.15. The maximum atomic E-state index is 12.4. The van der Waals surface area contributed by atoms with Crippen LogP contribution in [-0.2, 0) is 9.59 Å². The molecule has 0 spiro atoms. The number of carboxylic acid groups (broad SMARTS) is 1. The average molecular weight is 367 g/mol. The van der Waals surface area contributed by atoms with Crippen LogP contribution in [0.3, 0.4) is 0 Å². The molecule has 6 heteroatoms. The van der Waals surface area contributed by atoms with Crippen LogP contribution < -0.4 is 4.74 Å². The normalized spacial score (nSPS) is 14.3. The molecule has 140 valence electrons. The van der Waals surface area contributed by atoms with Crippen molar-refractivity contribution in [2.24, 2.45) is 0 Å². The molecular weight excluding hydrogens is 346 g/mol. The van der Waals surface area contributed by atoms with E-state index in [0.717, 1.165) is 12.8 Å². The Labute approximate surface area is 157 Å². The number of benzene rings is 2. The molecule has 0 heterocycles. The van der Waals surface area contributed by atoms with Crippen molar-refractivity contribution >= 4 is 17.7 Å². The second kappa shape index (κ2) is 8.03. The van der Waals surface area contributed by atoms with Crippen LogP contribution in [0.2, 0.25) is 0 Å². The molecule has 0 bridgehead atoms. The first kappa shape index (κ1) is 18.6. The second-order valence-electron chi connectivity index (χ2n) is 6.55. The lowest BCUT2D eigenvalue weighted by atomic mass is 10.0. The first-order valence-electron chi connectivity index (χ1n) is 8.84. The van der Waals surface area contributed by atoms with Gasteiger partial charge in [-0.3, -0.25) is 9.59 Å². The molecule has 1 atom stereocenters. The van der Waals surface area contributed by atoms with Crippen LogP contribution in [0.15, 0.2) is 54.6 Å². The van der Waals surface area contributed by atoms with Crippen molar-refractivity contribution in [2.45, 2.75) is 31.8 Å². The predicted octanol–water partition coefficient (Wildman–Crippen LogP) is 2.76. The standard InChI is InChI=1S/C21H21NO5/c1-14(21(25)26)22(17-9-10-17)19(23)13-27-18-11-7-16(8-12-18)20(24)15-5-3-2-4-6-15/h2-8,11-12,14,17H,9-10,13H2,1H3,(H,25,26). The number of carbonyl (C=O) groups is 3. The number of rotatable bonds is 8. The number of ketones is 1. The molecule has 1 unspecified atom stereocenters. The summed E-state index contributed by atoms with van der Waals surface area (Å²) in [5.41, 5.74) is 1.13. The SMILES string of the molecule is CC(C(=O)O)N(C(=O)COc1ccc(C(=O)c2ccccc2)cc1)C1CC1. The highest BCUT2D eigenvalue weighted by atomic mass is 16.5. The quantitative estimate of drug-likeness (QED) is 0.726. The minimum atomic E-state index is -1.03. The lowest BCUT2D eigenvalue weighted by Gasteiger charge is -2.26. The molecule has 6 nitrogen and oxygen atoms in total. The minimum Gasteiger partial charge on any atom is -0.484 e. The van der Waals surface area contributed by atoms with Crippen LogP contribution in [0.5, 0.6) is 5.75 Å². The Balaban J connectivity index is 1.60. The van der Waals surface area contributed by atoms with Crippen molar-refractivity contribution in [3.63, 3.8) is 0 Å². The third-order valence-electron chi connectivity index (χ3n) is 4.52. The molecule has 0 aromatic heterocycles. The van der Waals surface area contributed by atoms with E-state index in [9.17, 15) is 19.5 Å². The summed E-state index contributed by atoms with van der Waals surface area (Å²) in [6.07, 6.45) is 1.64. The Kier molecular flexibility index (Phi) is 5.54. The zero-order valence-corrected chi connectivity index (χ0v) is 15.0. The zero-order valence-electron chi connectivity index (χ0n) is 15.0. The van der Waals surface area contributed by atoms with Crippen LogP contribution >= 0.6 is 0 Å². The largest absolute Gasteiger partial charge is 0.484 e. The van der Waals surface area contributed by atoms with E-state index in [2.05, 4.69) is 0 Å². The molecule has 2 aromatic carbocycles. The topological polar surface area (TPSA) is 83.9 Å². The Morgan fingerprint density at radius 3 is 2.19 bits per heavy atom. The van der Waals surface area contributed by atoms with Gasteiger partial charge < -0.3 is 14.7 Å². The molecule has 1 aliphatic carbocycles. The van der Waals surface area contributed by atoms with Crippen LogP contribution in [0.1, 0.15) is 35.7 Å². The molecule has 1 N–H and O–H groups in total. The van der Waals surface area contributed by atoms with E-state index in [1.165, 1.54) is 11.8 Å². The van der Waals surface area contributed by atoms with Crippen LogP contribution in [0.4, 0.5) is 0 Å². The van der Waals surface area contributed by atoms with Crippen LogP contribution in [-0.4, -0.2) is 46.4 Å². The van der Waals surface area contributed by atoms with Gasteiger partial charge in [-0.1, -0.05) is 30.3 Å². The van der Waals surface area contributed by atoms with E-state index in [4.69, 9.17) is 4.74 Å². The number of hydrogen-bond acceptors (Lipinski definition) is 4. The molecule has 1 amide bonds. The number of nitrogens with zero attached hydrogens (tertiary/aromatic N) is 1.